The number of imidazole rings is 1. The fraction of sp³-hybridized carbons (Fsp3) is 0.529. The molecule has 1 amide bonds. The number of rotatable bonds is 4. The van der Waals surface area contributed by atoms with Crippen molar-refractivity contribution in [2.75, 3.05) is 12.3 Å². The Labute approximate surface area is 144 Å². The molecule has 0 radical (unpaired) electrons. The van der Waals surface area contributed by atoms with E-state index in [0.717, 1.165) is 37.3 Å². The molecule has 0 aliphatic carbocycles. The first-order valence-electron chi connectivity index (χ1n) is 8.32. The van der Waals surface area contributed by atoms with E-state index in [1.54, 1.807) is 23.1 Å². The number of nitrogens with one attached hydrogen (secondary N) is 1. The number of amides is 1. The number of aryl methyl sites for hydroxylation is 3. The molecule has 23 heavy (non-hydrogen) atoms. The Morgan fingerprint density at radius 2 is 2.35 bits per heavy atom. The van der Waals surface area contributed by atoms with Crippen molar-refractivity contribution < 1.29 is 4.79 Å². The van der Waals surface area contributed by atoms with Gasteiger partial charge in [-0.15, -0.1) is 23.1 Å². The third-order valence-corrected chi connectivity index (χ3v) is 6.79. The number of nitrogens with zero attached hydrogens (tertiary/aromatic N) is 2. The van der Waals surface area contributed by atoms with E-state index in [9.17, 15) is 4.79 Å². The lowest BCUT2D eigenvalue weighted by Gasteiger charge is -2.21. The number of carbonyl (C=O) groups is 1. The third-order valence-electron chi connectivity index (χ3n) is 4.55. The zero-order chi connectivity index (χ0) is 15.6. The predicted molar refractivity (Wildman–Crippen MR) is 95.1 cm³/mol. The molecule has 2 aliphatic heterocycles. The minimum Gasteiger partial charge on any atom is -0.354 e. The van der Waals surface area contributed by atoms with Gasteiger partial charge in [0.2, 0.25) is 5.91 Å². The van der Waals surface area contributed by atoms with Gasteiger partial charge in [0.05, 0.1) is 5.69 Å². The lowest BCUT2D eigenvalue weighted by atomic mass is 10.1. The summed E-state index contributed by atoms with van der Waals surface area (Å²) in [6.07, 6.45) is 7.66. The van der Waals surface area contributed by atoms with E-state index in [2.05, 4.69) is 27.5 Å². The number of fused-ring (bicyclic) bond motifs is 2. The molecule has 0 spiro atoms. The number of hydrogen-bond acceptors (Lipinski definition) is 4. The van der Waals surface area contributed by atoms with Crippen molar-refractivity contribution in [2.45, 2.75) is 43.9 Å². The zero-order valence-corrected chi connectivity index (χ0v) is 14.7. The highest BCUT2D eigenvalue weighted by Gasteiger charge is 2.27. The molecule has 0 saturated heterocycles. The molecule has 6 heteroatoms. The van der Waals surface area contributed by atoms with Crippen LogP contribution in [-0.4, -0.2) is 27.8 Å². The molecule has 0 fully saturated rings. The number of thiophene rings is 1. The fourth-order valence-electron chi connectivity index (χ4n) is 3.36. The Balaban J connectivity index is 1.33. The van der Waals surface area contributed by atoms with Crippen molar-refractivity contribution in [2.24, 2.45) is 0 Å². The minimum atomic E-state index is -0.0276. The van der Waals surface area contributed by atoms with Crippen LogP contribution < -0.4 is 5.32 Å². The van der Waals surface area contributed by atoms with E-state index in [1.165, 1.54) is 29.1 Å². The SMILES string of the molecule is O=C(NCCc1cn2c(n1)CCCC2)[C@H]1SCCc2sccc21. The summed E-state index contributed by atoms with van der Waals surface area (Å²) in [5, 5.41) is 5.18. The normalized spacial score (nSPS) is 19.9. The van der Waals surface area contributed by atoms with E-state index < -0.39 is 0 Å². The lowest BCUT2D eigenvalue weighted by molar-refractivity contribution is -0.120. The molecule has 122 valence electrons. The van der Waals surface area contributed by atoms with Crippen LogP contribution >= 0.6 is 23.1 Å². The first-order valence-corrected chi connectivity index (χ1v) is 10.2. The summed E-state index contributed by atoms with van der Waals surface area (Å²) in [7, 11) is 0. The van der Waals surface area contributed by atoms with Crippen LogP contribution in [0, 0.1) is 0 Å². The van der Waals surface area contributed by atoms with Crippen LogP contribution in [0.15, 0.2) is 17.6 Å². The molecule has 1 N–H and O–H groups in total. The Bertz CT molecular complexity index is 683. The van der Waals surface area contributed by atoms with Crippen LogP contribution in [-0.2, 0) is 30.6 Å². The van der Waals surface area contributed by atoms with Crippen molar-refractivity contribution in [3.8, 4) is 0 Å². The van der Waals surface area contributed by atoms with Gasteiger partial charge in [-0.05, 0) is 42.0 Å². The highest BCUT2D eigenvalue weighted by molar-refractivity contribution is 8.00. The van der Waals surface area contributed by atoms with Crippen molar-refractivity contribution in [3.63, 3.8) is 0 Å². The summed E-state index contributed by atoms with van der Waals surface area (Å²) in [6.45, 7) is 1.76. The highest BCUT2D eigenvalue weighted by atomic mass is 32.2. The van der Waals surface area contributed by atoms with Crippen LogP contribution in [0.25, 0.3) is 0 Å². The molecule has 4 heterocycles. The second kappa shape index (κ2) is 6.69. The molecular formula is C17H21N3OS2. The van der Waals surface area contributed by atoms with Gasteiger partial charge in [0, 0.05) is 37.0 Å². The second-order valence-corrected chi connectivity index (χ2v) is 8.35. The molecule has 0 aromatic carbocycles. The van der Waals surface area contributed by atoms with Crippen molar-refractivity contribution in [1.29, 1.82) is 0 Å². The number of hydrogen-bond donors (Lipinski definition) is 1. The fourth-order valence-corrected chi connectivity index (χ4v) is 5.68. The van der Waals surface area contributed by atoms with E-state index in [0.29, 0.717) is 6.54 Å². The van der Waals surface area contributed by atoms with E-state index in [-0.39, 0.29) is 11.2 Å². The number of aromatic nitrogens is 2. The van der Waals surface area contributed by atoms with Gasteiger partial charge in [-0.2, -0.15) is 0 Å². The first kappa shape index (κ1) is 15.3. The molecular weight excluding hydrogens is 326 g/mol. The molecule has 2 aromatic heterocycles. The van der Waals surface area contributed by atoms with Crippen LogP contribution in [0.5, 0.6) is 0 Å². The summed E-state index contributed by atoms with van der Waals surface area (Å²) < 4.78 is 2.27. The van der Waals surface area contributed by atoms with E-state index in [4.69, 9.17) is 4.98 Å². The van der Waals surface area contributed by atoms with Crippen molar-refractivity contribution in [1.82, 2.24) is 14.9 Å². The van der Waals surface area contributed by atoms with Crippen LogP contribution in [0.4, 0.5) is 0 Å². The molecule has 4 nitrogen and oxygen atoms in total. The minimum absolute atomic E-state index is 0.0276. The largest absolute Gasteiger partial charge is 0.354 e. The molecule has 0 bridgehead atoms. The zero-order valence-electron chi connectivity index (χ0n) is 13.1. The van der Waals surface area contributed by atoms with Crippen LogP contribution in [0.2, 0.25) is 0 Å². The predicted octanol–water partition coefficient (Wildman–Crippen LogP) is 2.97. The summed E-state index contributed by atoms with van der Waals surface area (Å²) in [5.41, 5.74) is 2.33. The van der Waals surface area contributed by atoms with E-state index >= 15 is 0 Å². The maximum atomic E-state index is 12.5. The first-order chi connectivity index (χ1) is 11.3. The maximum Gasteiger partial charge on any atom is 0.237 e. The topological polar surface area (TPSA) is 46.9 Å². The van der Waals surface area contributed by atoms with Crippen molar-refractivity contribution in [3.05, 3.63) is 39.6 Å². The Hall–Kier alpha value is -1.27. The second-order valence-electron chi connectivity index (χ2n) is 6.14. The summed E-state index contributed by atoms with van der Waals surface area (Å²) in [4.78, 5) is 18.6. The Kier molecular flexibility index (Phi) is 4.44. The van der Waals surface area contributed by atoms with Crippen LogP contribution in [0.1, 0.15) is 40.1 Å². The quantitative estimate of drug-likeness (QED) is 0.925. The summed E-state index contributed by atoms with van der Waals surface area (Å²) >= 11 is 3.54. The number of thioether (sulfide) groups is 1. The summed E-state index contributed by atoms with van der Waals surface area (Å²) in [5.74, 6) is 2.40. The third kappa shape index (κ3) is 3.19. The highest BCUT2D eigenvalue weighted by Crippen LogP contribution is 2.39. The molecule has 4 rings (SSSR count). The standard InChI is InChI=1S/C17H21N3OS2/c21-17(16-13-5-9-22-14(13)6-10-23-16)18-7-4-12-11-20-8-2-1-3-15(20)19-12/h5,9,11,16H,1-4,6-8,10H2,(H,18,21)/t16-/m0/s1. The van der Waals surface area contributed by atoms with Gasteiger partial charge in [-0.25, -0.2) is 4.98 Å². The van der Waals surface area contributed by atoms with Gasteiger partial charge >= 0.3 is 0 Å². The molecule has 0 unspecified atom stereocenters. The monoisotopic (exact) mass is 347 g/mol. The molecule has 2 aliphatic rings. The molecule has 1 atom stereocenters. The lowest BCUT2D eigenvalue weighted by Crippen LogP contribution is -2.31. The average molecular weight is 348 g/mol. The molecule has 0 saturated carbocycles. The van der Waals surface area contributed by atoms with Gasteiger partial charge in [-0.3, -0.25) is 4.79 Å². The van der Waals surface area contributed by atoms with Gasteiger partial charge in [0.25, 0.3) is 0 Å². The van der Waals surface area contributed by atoms with Crippen molar-refractivity contribution >= 4 is 29.0 Å². The van der Waals surface area contributed by atoms with Gasteiger partial charge in [-0.1, -0.05) is 0 Å². The summed E-state index contributed by atoms with van der Waals surface area (Å²) in [6, 6.07) is 2.11. The smallest absolute Gasteiger partial charge is 0.237 e. The van der Waals surface area contributed by atoms with Crippen LogP contribution in [0.3, 0.4) is 0 Å². The maximum absolute atomic E-state index is 12.5. The van der Waals surface area contributed by atoms with Gasteiger partial charge in [0.1, 0.15) is 11.1 Å². The molecule has 2 aromatic rings. The number of carbonyl (C=O) groups excluding carboxylic acids is 1. The van der Waals surface area contributed by atoms with Gasteiger partial charge < -0.3 is 9.88 Å². The average Bonchev–Trinajstić information content (AvgIpc) is 3.20. The Morgan fingerprint density at radius 3 is 3.26 bits per heavy atom. The van der Waals surface area contributed by atoms with Gasteiger partial charge in [0.15, 0.2) is 0 Å². The Morgan fingerprint density at radius 1 is 1.39 bits per heavy atom. The van der Waals surface area contributed by atoms with E-state index in [1.807, 2.05) is 0 Å².